The van der Waals surface area contributed by atoms with Crippen LogP contribution in [0.5, 0.6) is 0 Å². The SMILES string of the molecule is C/C=C(/C(=O)c1ccccc1)P(=O)(OCC)OCC. The molecule has 0 unspecified atom stereocenters. The molecule has 19 heavy (non-hydrogen) atoms. The number of hydrogen-bond donors (Lipinski definition) is 0. The number of carbonyl (C=O) groups is 1. The monoisotopic (exact) mass is 282 g/mol. The summed E-state index contributed by atoms with van der Waals surface area (Å²) in [5, 5.41) is 0.0856. The van der Waals surface area contributed by atoms with Gasteiger partial charge in [-0.05, 0) is 20.8 Å². The largest absolute Gasteiger partial charge is 0.364 e. The summed E-state index contributed by atoms with van der Waals surface area (Å²) < 4.78 is 23.0. The highest BCUT2D eigenvalue weighted by molar-refractivity contribution is 7.60. The molecule has 0 spiro atoms. The Morgan fingerprint density at radius 1 is 1.16 bits per heavy atom. The Bertz CT molecular complexity index is 483. The summed E-state index contributed by atoms with van der Waals surface area (Å²) in [5.74, 6) is -0.326. The van der Waals surface area contributed by atoms with Crippen molar-refractivity contribution in [3.05, 3.63) is 47.3 Å². The molecule has 0 saturated carbocycles. The third kappa shape index (κ3) is 3.87. The van der Waals surface area contributed by atoms with Gasteiger partial charge in [-0.25, -0.2) is 0 Å². The molecular weight excluding hydrogens is 263 g/mol. The van der Waals surface area contributed by atoms with Crippen LogP contribution in [0.15, 0.2) is 41.7 Å². The van der Waals surface area contributed by atoms with Crippen molar-refractivity contribution < 1.29 is 18.4 Å². The molecule has 0 fully saturated rings. The molecule has 0 aliphatic carbocycles. The quantitative estimate of drug-likeness (QED) is 0.430. The van der Waals surface area contributed by atoms with Crippen LogP contribution in [0.25, 0.3) is 0 Å². The van der Waals surface area contributed by atoms with E-state index in [-0.39, 0.29) is 24.3 Å². The number of rotatable bonds is 7. The van der Waals surface area contributed by atoms with Gasteiger partial charge in [0.15, 0.2) is 0 Å². The van der Waals surface area contributed by atoms with E-state index in [9.17, 15) is 9.36 Å². The maximum Gasteiger partial charge on any atom is 0.364 e. The van der Waals surface area contributed by atoms with Crippen molar-refractivity contribution in [2.75, 3.05) is 13.2 Å². The van der Waals surface area contributed by atoms with Crippen LogP contribution >= 0.6 is 7.60 Å². The first-order chi connectivity index (χ1) is 9.09. The van der Waals surface area contributed by atoms with Crippen LogP contribution in [0.2, 0.25) is 0 Å². The Kier molecular flexibility index (Phi) is 6.16. The number of hydrogen-bond acceptors (Lipinski definition) is 4. The highest BCUT2D eigenvalue weighted by Crippen LogP contribution is 2.56. The number of ketones is 1. The van der Waals surface area contributed by atoms with Crippen molar-refractivity contribution >= 4 is 13.4 Å². The summed E-state index contributed by atoms with van der Waals surface area (Å²) in [5.41, 5.74) is 0.468. The molecule has 5 heteroatoms. The van der Waals surface area contributed by atoms with E-state index in [0.29, 0.717) is 5.56 Å². The smallest absolute Gasteiger partial charge is 0.305 e. The first-order valence-electron chi connectivity index (χ1n) is 6.24. The van der Waals surface area contributed by atoms with Gasteiger partial charge in [-0.15, -0.1) is 0 Å². The van der Waals surface area contributed by atoms with Crippen molar-refractivity contribution in [2.24, 2.45) is 0 Å². The highest BCUT2D eigenvalue weighted by Gasteiger charge is 2.34. The Balaban J connectivity index is 3.13. The first-order valence-corrected chi connectivity index (χ1v) is 7.79. The predicted octanol–water partition coefficient (Wildman–Crippen LogP) is 4.04. The van der Waals surface area contributed by atoms with Crippen LogP contribution < -0.4 is 0 Å². The van der Waals surface area contributed by atoms with E-state index in [1.165, 1.54) is 6.08 Å². The second kappa shape index (κ2) is 7.39. The molecule has 0 aliphatic rings. The molecule has 0 radical (unpaired) electrons. The zero-order chi connectivity index (χ0) is 14.3. The van der Waals surface area contributed by atoms with Gasteiger partial charge < -0.3 is 9.05 Å². The lowest BCUT2D eigenvalue weighted by Gasteiger charge is -2.19. The third-order valence-corrected chi connectivity index (χ3v) is 4.68. The molecule has 0 atom stereocenters. The lowest BCUT2D eigenvalue weighted by Crippen LogP contribution is -2.08. The van der Waals surface area contributed by atoms with Crippen molar-refractivity contribution in [2.45, 2.75) is 20.8 Å². The van der Waals surface area contributed by atoms with Crippen molar-refractivity contribution in [1.29, 1.82) is 0 Å². The molecule has 4 nitrogen and oxygen atoms in total. The minimum atomic E-state index is -3.54. The van der Waals surface area contributed by atoms with Crippen LogP contribution in [0.4, 0.5) is 0 Å². The van der Waals surface area contributed by atoms with Crippen molar-refractivity contribution in [1.82, 2.24) is 0 Å². The third-order valence-electron chi connectivity index (χ3n) is 2.44. The van der Waals surface area contributed by atoms with Gasteiger partial charge in [-0.1, -0.05) is 36.4 Å². The average Bonchev–Trinajstić information content (AvgIpc) is 2.40. The van der Waals surface area contributed by atoms with Crippen LogP contribution in [0, 0.1) is 0 Å². The second-order valence-electron chi connectivity index (χ2n) is 3.70. The van der Waals surface area contributed by atoms with E-state index >= 15 is 0 Å². The van der Waals surface area contributed by atoms with Gasteiger partial charge in [-0.3, -0.25) is 9.36 Å². The van der Waals surface area contributed by atoms with Gasteiger partial charge >= 0.3 is 7.60 Å². The fourth-order valence-electron chi connectivity index (χ4n) is 1.67. The van der Waals surface area contributed by atoms with E-state index in [4.69, 9.17) is 9.05 Å². The van der Waals surface area contributed by atoms with E-state index in [2.05, 4.69) is 0 Å². The number of carbonyl (C=O) groups excluding carboxylic acids is 1. The lowest BCUT2D eigenvalue weighted by molar-refractivity contribution is 0.103. The van der Waals surface area contributed by atoms with Crippen LogP contribution in [0.1, 0.15) is 31.1 Å². The Labute approximate surface area is 114 Å². The van der Waals surface area contributed by atoms with Crippen LogP contribution in [0.3, 0.4) is 0 Å². The second-order valence-corrected chi connectivity index (χ2v) is 5.70. The normalized spacial score (nSPS) is 12.5. The van der Waals surface area contributed by atoms with E-state index in [1.54, 1.807) is 45.0 Å². The molecule has 1 aromatic carbocycles. The topological polar surface area (TPSA) is 52.6 Å². The van der Waals surface area contributed by atoms with E-state index < -0.39 is 7.60 Å². The van der Waals surface area contributed by atoms with Crippen LogP contribution in [-0.2, 0) is 13.6 Å². The number of Topliss-reactive ketones (excluding diaryl/α,β-unsaturated/α-hetero) is 1. The minimum absolute atomic E-state index is 0.0856. The molecule has 0 aliphatic heterocycles. The maximum atomic E-state index is 12.6. The predicted molar refractivity (Wildman–Crippen MR) is 75.4 cm³/mol. The number of benzene rings is 1. The Morgan fingerprint density at radius 2 is 1.68 bits per heavy atom. The van der Waals surface area contributed by atoms with Gasteiger partial charge in [0.25, 0.3) is 0 Å². The standard InChI is InChI=1S/C14H19O4P/c1-4-13(19(16,17-5-2)18-6-3)14(15)12-10-8-7-9-11-12/h4,7-11H,5-6H2,1-3H3/b13-4-. The van der Waals surface area contributed by atoms with Gasteiger partial charge in [0.2, 0.25) is 5.78 Å². The Morgan fingerprint density at radius 3 is 2.11 bits per heavy atom. The first kappa shape index (κ1) is 15.8. The molecule has 0 amide bonds. The molecule has 0 heterocycles. The molecule has 0 N–H and O–H groups in total. The molecule has 0 saturated heterocycles. The summed E-state index contributed by atoms with van der Waals surface area (Å²) in [6.45, 7) is 5.52. The lowest BCUT2D eigenvalue weighted by atomic mass is 10.1. The van der Waals surface area contributed by atoms with Crippen LogP contribution in [-0.4, -0.2) is 19.0 Å². The van der Waals surface area contributed by atoms with Gasteiger partial charge in [-0.2, -0.15) is 0 Å². The molecule has 104 valence electrons. The van der Waals surface area contributed by atoms with E-state index in [0.717, 1.165) is 0 Å². The zero-order valence-corrected chi connectivity index (χ0v) is 12.4. The van der Waals surface area contributed by atoms with E-state index in [1.807, 2.05) is 6.07 Å². The van der Waals surface area contributed by atoms with Gasteiger partial charge in [0.1, 0.15) is 5.31 Å². The maximum absolute atomic E-state index is 12.6. The van der Waals surface area contributed by atoms with Crippen molar-refractivity contribution in [3.63, 3.8) is 0 Å². The fourth-order valence-corrected chi connectivity index (χ4v) is 3.39. The van der Waals surface area contributed by atoms with Gasteiger partial charge in [0, 0.05) is 5.56 Å². The summed E-state index contributed by atoms with van der Waals surface area (Å²) in [6.07, 6.45) is 1.50. The summed E-state index contributed by atoms with van der Waals surface area (Å²) >= 11 is 0. The average molecular weight is 282 g/mol. The highest BCUT2D eigenvalue weighted by atomic mass is 31.2. The molecule has 1 rings (SSSR count). The minimum Gasteiger partial charge on any atom is -0.305 e. The Hall–Kier alpha value is -1.22. The van der Waals surface area contributed by atoms with Gasteiger partial charge in [0.05, 0.1) is 13.2 Å². The molecular formula is C14H19O4P. The summed E-state index contributed by atoms with van der Waals surface area (Å²) in [7, 11) is -3.54. The molecule has 1 aromatic rings. The fraction of sp³-hybridized carbons (Fsp3) is 0.357. The molecule has 0 bridgehead atoms. The molecule has 0 aromatic heterocycles. The van der Waals surface area contributed by atoms with Crippen molar-refractivity contribution in [3.8, 4) is 0 Å². The summed E-state index contributed by atoms with van der Waals surface area (Å²) in [4.78, 5) is 12.4. The summed E-state index contributed by atoms with van der Waals surface area (Å²) in [6, 6.07) is 8.68. The number of allylic oxidation sites excluding steroid dienone is 2. The zero-order valence-electron chi connectivity index (χ0n) is 11.5.